The molecule has 0 unspecified atom stereocenters. The van der Waals surface area contributed by atoms with Gasteiger partial charge in [0.1, 0.15) is 0 Å². The van der Waals surface area contributed by atoms with E-state index in [1.165, 1.54) is 10.6 Å². The first-order valence-electron chi connectivity index (χ1n) is 7.33. The Morgan fingerprint density at radius 3 is 2.48 bits per heavy atom. The van der Waals surface area contributed by atoms with Crippen LogP contribution in [0.3, 0.4) is 0 Å². The molecule has 5 nitrogen and oxygen atoms in total. The Morgan fingerprint density at radius 2 is 1.83 bits per heavy atom. The normalized spacial score (nSPS) is 13.7. The minimum atomic E-state index is -3.32. The van der Waals surface area contributed by atoms with Gasteiger partial charge in [0.15, 0.2) is 0 Å². The molecule has 0 bridgehead atoms. The van der Waals surface area contributed by atoms with Crippen molar-refractivity contribution < 1.29 is 13.2 Å². The lowest BCUT2D eigenvalue weighted by molar-refractivity contribution is 0.102. The smallest absolute Gasteiger partial charge is 0.255 e. The maximum atomic E-state index is 12.4. The van der Waals surface area contributed by atoms with Crippen LogP contribution in [0, 0.1) is 6.92 Å². The Hall–Kier alpha value is -2.34. The Kier molecular flexibility index (Phi) is 3.85. The number of carbonyl (C=O) groups is 1. The van der Waals surface area contributed by atoms with Gasteiger partial charge in [0.2, 0.25) is 10.0 Å². The van der Waals surface area contributed by atoms with E-state index in [2.05, 4.69) is 5.32 Å². The number of sulfonamides is 1. The number of rotatable bonds is 3. The van der Waals surface area contributed by atoms with Gasteiger partial charge < -0.3 is 5.32 Å². The van der Waals surface area contributed by atoms with Crippen molar-refractivity contribution in [2.45, 2.75) is 13.3 Å². The third-order valence-electron chi connectivity index (χ3n) is 3.91. The molecular formula is C17H18N2O3S. The fraction of sp³-hybridized carbons (Fsp3) is 0.235. The topological polar surface area (TPSA) is 66.5 Å². The summed E-state index contributed by atoms with van der Waals surface area (Å²) in [5.74, 6) is -0.253. The summed E-state index contributed by atoms with van der Waals surface area (Å²) in [5, 5.41) is 2.82. The Bertz CT molecular complexity index is 858. The number of amides is 1. The van der Waals surface area contributed by atoms with Crippen molar-refractivity contribution in [1.29, 1.82) is 0 Å². The Balaban J connectivity index is 1.87. The van der Waals surface area contributed by atoms with Crippen molar-refractivity contribution >= 4 is 27.3 Å². The molecule has 0 fully saturated rings. The molecule has 23 heavy (non-hydrogen) atoms. The number of nitrogens with zero attached hydrogens (tertiary/aromatic N) is 1. The first-order valence-corrected chi connectivity index (χ1v) is 9.18. The van der Waals surface area contributed by atoms with E-state index in [1.807, 2.05) is 37.3 Å². The molecule has 0 aromatic heterocycles. The highest BCUT2D eigenvalue weighted by Gasteiger charge is 2.26. The zero-order valence-electron chi connectivity index (χ0n) is 13.0. The van der Waals surface area contributed by atoms with Crippen LogP contribution in [0.15, 0.2) is 42.5 Å². The van der Waals surface area contributed by atoms with Crippen LogP contribution in [0.2, 0.25) is 0 Å². The summed E-state index contributed by atoms with van der Waals surface area (Å²) < 4.78 is 25.0. The van der Waals surface area contributed by atoms with E-state index in [0.29, 0.717) is 29.9 Å². The van der Waals surface area contributed by atoms with Crippen molar-refractivity contribution in [2.75, 3.05) is 22.4 Å². The minimum absolute atomic E-state index is 0.253. The molecule has 0 aliphatic carbocycles. The average Bonchev–Trinajstić information content (AvgIpc) is 2.92. The summed E-state index contributed by atoms with van der Waals surface area (Å²) in [6, 6.07) is 12.7. The van der Waals surface area contributed by atoms with Crippen LogP contribution < -0.4 is 9.62 Å². The fourth-order valence-corrected chi connectivity index (χ4v) is 3.63. The van der Waals surface area contributed by atoms with Crippen molar-refractivity contribution in [3.63, 3.8) is 0 Å². The fourth-order valence-electron chi connectivity index (χ4n) is 2.68. The first-order chi connectivity index (χ1) is 10.8. The molecule has 1 aliphatic heterocycles. The van der Waals surface area contributed by atoms with Crippen LogP contribution in [0.1, 0.15) is 21.5 Å². The van der Waals surface area contributed by atoms with Gasteiger partial charge in [-0.25, -0.2) is 8.42 Å². The molecule has 120 valence electrons. The van der Waals surface area contributed by atoms with Gasteiger partial charge in [-0.05, 0) is 43.2 Å². The molecule has 1 aliphatic rings. The maximum Gasteiger partial charge on any atom is 0.255 e. The highest BCUT2D eigenvalue weighted by atomic mass is 32.2. The lowest BCUT2D eigenvalue weighted by Crippen LogP contribution is -2.27. The van der Waals surface area contributed by atoms with Gasteiger partial charge in [-0.2, -0.15) is 0 Å². The number of hydrogen-bond donors (Lipinski definition) is 1. The molecule has 2 aromatic carbocycles. The van der Waals surface area contributed by atoms with Crippen LogP contribution in [0.4, 0.5) is 11.4 Å². The maximum absolute atomic E-state index is 12.4. The molecule has 0 saturated carbocycles. The van der Waals surface area contributed by atoms with E-state index in [1.54, 1.807) is 12.1 Å². The number of carbonyl (C=O) groups excluding carboxylic acids is 1. The molecule has 6 heteroatoms. The van der Waals surface area contributed by atoms with Crippen LogP contribution >= 0.6 is 0 Å². The number of nitrogens with one attached hydrogen (secondary N) is 1. The van der Waals surface area contributed by atoms with Gasteiger partial charge in [-0.3, -0.25) is 9.10 Å². The molecular weight excluding hydrogens is 312 g/mol. The summed E-state index contributed by atoms with van der Waals surface area (Å²) in [6.07, 6.45) is 1.85. The van der Waals surface area contributed by atoms with Crippen LogP contribution in [-0.2, 0) is 16.4 Å². The van der Waals surface area contributed by atoms with Gasteiger partial charge >= 0.3 is 0 Å². The zero-order chi connectivity index (χ0) is 16.6. The highest BCUT2D eigenvalue weighted by molar-refractivity contribution is 7.92. The summed E-state index contributed by atoms with van der Waals surface area (Å²) >= 11 is 0. The van der Waals surface area contributed by atoms with Crippen molar-refractivity contribution in [3.05, 3.63) is 59.2 Å². The molecule has 0 atom stereocenters. The lowest BCUT2D eigenvalue weighted by Gasteiger charge is -2.17. The summed E-state index contributed by atoms with van der Waals surface area (Å²) in [7, 11) is -3.32. The molecule has 3 rings (SSSR count). The number of fused-ring (bicyclic) bond motifs is 1. The number of benzene rings is 2. The second-order valence-electron chi connectivity index (χ2n) is 5.75. The second-order valence-corrected chi connectivity index (χ2v) is 7.66. The largest absolute Gasteiger partial charge is 0.322 e. The third-order valence-corrected chi connectivity index (χ3v) is 5.09. The Morgan fingerprint density at radius 1 is 1.13 bits per heavy atom. The minimum Gasteiger partial charge on any atom is -0.322 e. The predicted molar refractivity (Wildman–Crippen MR) is 91.5 cm³/mol. The highest BCUT2D eigenvalue weighted by Crippen LogP contribution is 2.31. The molecule has 0 saturated heterocycles. The first kappa shape index (κ1) is 15.6. The molecule has 1 heterocycles. The van der Waals surface area contributed by atoms with E-state index in [9.17, 15) is 13.2 Å². The zero-order valence-corrected chi connectivity index (χ0v) is 13.9. The van der Waals surface area contributed by atoms with E-state index < -0.39 is 10.0 Å². The Labute approximate surface area is 136 Å². The monoisotopic (exact) mass is 330 g/mol. The summed E-state index contributed by atoms with van der Waals surface area (Å²) in [5.41, 5.74) is 3.82. The van der Waals surface area contributed by atoms with E-state index in [-0.39, 0.29) is 5.91 Å². The quantitative estimate of drug-likeness (QED) is 0.940. The summed E-state index contributed by atoms with van der Waals surface area (Å²) in [4.78, 5) is 12.4. The van der Waals surface area contributed by atoms with Crippen molar-refractivity contribution in [1.82, 2.24) is 0 Å². The summed E-state index contributed by atoms with van der Waals surface area (Å²) in [6.45, 7) is 2.41. The second kappa shape index (κ2) is 5.70. The van der Waals surface area contributed by atoms with Gasteiger partial charge in [-0.15, -0.1) is 0 Å². The van der Waals surface area contributed by atoms with Crippen molar-refractivity contribution in [3.8, 4) is 0 Å². The molecule has 0 radical (unpaired) electrons. The average molecular weight is 330 g/mol. The van der Waals surface area contributed by atoms with Crippen LogP contribution in [0.25, 0.3) is 0 Å². The van der Waals surface area contributed by atoms with Crippen LogP contribution in [-0.4, -0.2) is 27.1 Å². The van der Waals surface area contributed by atoms with Gasteiger partial charge in [0.05, 0.1) is 11.9 Å². The van der Waals surface area contributed by atoms with E-state index in [0.717, 1.165) is 11.1 Å². The van der Waals surface area contributed by atoms with Crippen molar-refractivity contribution in [2.24, 2.45) is 0 Å². The SMILES string of the molecule is Cc1ccc(NC(=O)c2ccc3c(c2)N(S(C)(=O)=O)CC3)cc1. The molecule has 0 spiro atoms. The van der Waals surface area contributed by atoms with E-state index in [4.69, 9.17) is 0 Å². The standard InChI is InChI=1S/C17H18N2O3S/c1-12-3-7-15(8-4-12)18-17(20)14-6-5-13-9-10-19(16(13)11-14)23(2,21)22/h3-8,11H,9-10H2,1-2H3,(H,18,20). The molecule has 1 N–H and O–H groups in total. The lowest BCUT2D eigenvalue weighted by atomic mass is 10.1. The van der Waals surface area contributed by atoms with Gasteiger partial charge in [0, 0.05) is 17.8 Å². The number of anilines is 2. The van der Waals surface area contributed by atoms with Crippen LogP contribution in [0.5, 0.6) is 0 Å². The third kappa shape index (κ3) is 3.22. The molecule has 2 aromatic rings. The predicted octanol–water partition coefficient (Wildman–Crippen LogP) is 2.57. The molecule has 1 amide bonds. The number of hydrogen-bond acceptors (Lipinski definition) is 3. The van der Waals surface area contributed by atoms with E-state index >= 15 is 0 Å². The number of aryl methyl sites for hydroxylation is 1. The van der Waals surface area contributed by atoms with Gasteiger partial charge in [0.25, 0.3) is 5.91 Å². The van der Waals surface area contributed by atoms with Gasteiger partial charge in [-0.1, -0.05) is 23.8 Å².